The summed E-state index contributed by atoms with van der Waals surface area (Å²) in [5, 5.41) is 0. The third-order valence-electron chi connectivity index (χ3n) is 3.28. The largest absolute Gasteiger partial charge is 0.465 e. The zero-order chi connectivity index (χ0) is 16.6. The van der Waals surface area contributed by atoms with Gasteiger partial charge in [0.15, 0.2) is 5.41 Å². The Bertz CT molecular complexity index is 332. The van der Waals surface area contributed by atoms with E-state index in [0.29, 0.717) is 13.2 Å². The molecule has 0 amide bonds. The molecular weight excluding hydrogens is 268 g/mol. The van der Waals surface area contributed by atoms with Crippen molar-refractivity contribution in [3.8, 4) is 0 Å². The van der Waals surface area contributed by atoms with Crippen molar-refractivity contribution in [2.24, 2.45) is 23.2 Å². The van der Waals surface area contributed by atoms with Crippen molar-refractivity contribution in [2.45, 2.75) is 48.0 Å². The molecule has 0 saturated heterocycles. The van der Waals surface area contributed by atoms with E-state index < -0.39 is 17.4 Å². The first-order chi connectivity index (χ1) is 9.68. The molecule has 0 N–H and O–H groups in total. The van der Waals surface area contributed by atoms with Gasteiger partial charge < -0.3 is 9.47 Å². The van der Waals surface area contributed by atoms with E-state index in [1.165, 1.54) is 0 Å². The third-order valence-corrected chi connectivity index (χ3v) is 3.28. The lowest BCUT2D eigenvalue weighted by Gasteiger charge is -2.32. The van der Waals surface area contributed by atoms with Crippen LogP contribution >= 0.6 is 0 Å². The van der Waals surface area contributed by atoms with Crippen LogP contribution in [0.15, 0.2) is 12.7 Å². The van der Waals surface area contributed by atoms with Crippen LogP contribution < -0.4 is 0 Å². The summed E-state index contributed by atoms with van der Waals surface area (Å²) in [4.78, 5) is 25.0. The highest BCUT2D eigenvalue weighted by atomic mass is 16.6. The minimum Gasteiger partial charge on any atom is -0.465 e. The fourth-order valence-corrected chi connectivity index (χ4v) is 1.93. The van der Waals surface area contributed by atoms with E-state index >= 15 is 0 Å². The molecule has 0 radical (unpaired) electrons. The van der Waals surface area contributed by atoms with Crippen LogP contribution in [0.3, 0.4) is 0 Å². The second-order valence-electron chi connectivity index (χ2n) is 6.60. The molecule has 0 saturated carbocycles. The first-order valence-electron chi connectivity index (χ1n) is 7.63. The normalized spacial score (nSPS) is 11.9. The smallest absolute Gasteiger partial charge is 0.324 e. The summed E-state index contributed by atoms with van der Waals surface area (Å²) in [6.45, 7) is 15.7. The zero-order valence-corrected chi connectivity index (χ0v) is 14.3. The van der Waals surface area contributed by atoms with E-state index in [0.717, 1.165) is 0 Å². The first kappa shape index (κ1) is 19.7. The standard InChI is InChI=1S/C17H30O4/c1-8-9-17(14(6)7,15(18)20-10-12(2)3)16(19)21-11-13(4)5/h8,12-14H,1,9-11H2,2-7H3. The van der Waals surface area contributed by atoms with Gasteiger partial charge in [0.2, 0.25) is 0 Å². The van der Waals surface area contributed by atoms with Gasteiger partial charge in [-0.25, -0.2) is 0 Å². The van der Waals surface area contributed by atoms with Crippen LogP contribution in [-0.2, 0) is 19.1 Å². The van der Waals surface area contributed by atoms with Gasteiger partial charge in [0, 0.05) is 0 Å². The van der Waals surface area contributed by atoms with Crippen LogP contribution in [0, 0.1) is 23.2 Å². The Morgan fingerprint density at radius 2 is 1.33 bits per heavy atom. The molecule has 0 heterocycles. The number of allylic oxidation sites excluding steroid dienone is 1. The van der Waals surface area contributed by atoms with Gasteiger partial charge in [-0.2, -0.15) is 0 Å². The van der Waals surface area contributed by atoms with E-state index in [-0.39, 0.29) is 24.2 Å². The molecule has 0 aromatic rings. The van der Waals surface area contributed by atoms with Crippen molar-refractivity contribution in [1.29, 1.82) is 0 Å². The lowest BCUT2D eigenvalue weighted by molar-refractivity contribution is -0.177. The molecule has 4 heteroatoms. The summed E-state index contributed by atoms with van der Waals surface area (Å²) in [6, 6.07) is 0. The SMILES string of the molecule is C=CCC(C(=O)OCC(C)C)(C(=O)OCC(C)C)C(C)C. The molecule has 21 heavy (non-hydrogen) atoms. The summed E-state index contributed by atoms with van der Waals surface area (Å²) in [7, 11) is 0. The predicted octanol–water partition coefficient (Wildman–Crippen LogP) is 3.60. The second kappa shape index (κ2) is 8.85. The predicted molar refractivity (Wildman–Crippen MR) is 83.7 cm³/mol. The highest BCUT2D eigenvalue weighted by molar-refractivity contribution is 6.00. The summed E-state index contributed by atoms with van der Waals surface area (Å²) in [6.07, 6.45) is 1.80. The molecule has 0 spiro atoms. The minimum absolute atomic E-state index is 0.217. The summed E-state index contributed by atoms with van der Waals surface area (Å²) >= 11 is 0. The van der Waals surface area contributed by atoms with Gasteiger partial charge in [0.25, 0.3) is 0 Å². The zero-order valence-electron chi connectivity index (χ0n) is 14.3. The van der Waals surface area contributed by atoms with Crippen molar-refractivity contribution in [3.63, 3.8) is 0 Å². The lowest BCUT2D eigenvalue weighted by atomic mass is 9.74. The number of esters is 2. The maximum atomic E-state index is 12.5. The Morgan fingerprint density at radius 1 is 0.952 bits per heavy atom. The van der Waals surface area contributed by atoms with E-state index in [1.807, 2.05) is 41.5 Å². The highest BCUT2D eigenvalue weighted by Crippen LogP contribution is 2.35. The Kier molecular flexibility index (Phi) is 8.30. The molecule has 0 rings (SSSR count). The maximum absolute atomic E-state index is 12.5. The van der Waals surface area contributed by atoms with Crippen LogP contribution in [0.25, 0.3) is 0 Å². The number of ether oxygens (including phenoxy) is 2. The first-order valence-corrected chi connectivity index (χ1v) is 7.63. The highest BCUT2D eigenvalue weighted by Gasteiger charge is 2.50. The third kappa shape index (κ3) is 5.52. The Hall–Kier alpha value is -1.32. The van der Waals surface area contributed by atoms with E-state index in [2.05, 4.69) is 6.58 Å². The number of hydrogen-bond donors (Lipinski definition) is 0. The van der Waals surface area contributed by atoms with Crippen LogP contribution in [0.5, 0.6) is 0 Å². The van der Waals surface area contributed by atoms with Crippen LogP contribution in [0.2, 0.25) is 0 Å². The average Bonchev–Trinajstić information content (AvgIpc) is 2.38. The minimum atomic E-state index is -1.30. The van der Waals surface area contributed by atoms with E-state index in [9.17, 15) is 9.59 Å². The van der Waals surface area contributed by atoms with Gasteiger partial charge >= 0.3 is 11.9 Å². The molecule has 0 aliphatic rings. The fraction of sp³-hybridized carbons (Fsp3) is 0.765. The van der Waals surface area contributed by atoms with Crippen LogP contribution in [0.1, 0.15) is 48.0 Å². The molecule has 0 atom stereocenters. The van der Waals surface area contributed by atoms with E-state index in [4.69, 9.17) is 9.47 Å². The van der Waals surface area contributed by atoms with Gasteiger partial charge in [-0.1, -0.05) is 47.6 Å². The molecule has 4 nitrogen and oxygen atoms in total. The number of carbonyl (C=O) groups excluding carboxylic acids is 2. The van der Waals surface area contributed by atoms with Crippen molar-refractivity contribution >= 4 is 11.9 Å². The Balaban J connectivity index is 5.27. The summed E-state index contributed by atoms with van der Waals surface area (Å²) in [5.41, 5.74) is -1.30. The molecule has 0 aromatic heterocycles. The lowest BCUT2D eigenvalue weighted by Crippen LogP contribution is -2.46. The number of rotatable bonds is 9. The van der Waals surface area contributed by atoms with Gasteiger partial charge in [-0.3, -0.25) is 9.59 Å². The van der Waals surface area contributed by atoms with Gasteiger partial charge in [-0.15, -0.1) is 6.58 Å². The average molecular weight is 298 g/mol. The monoisotopic (exact) mass is 298 g/mol. The number of hydrogen-bond acceptors (Lipinski definition) is 4. The molecule has 122 valence electrons. The van der Waals surface area contributed by atoms with Gasteiger partial charge in [-0.05, 0) is 24.2 Å². The molecule has 0 aliphatic heterocycles. The molecule has 0 bridgehead atoms. The van der Waals surface area contributed by atoms with Crippen molar-refractivity contribution in [3.05, 3.63) is 12.7 Å². The molecule has 0 unspecified atom stereocenters. The molecular formula is C17H30O4. The van der Waals surface area contributed by atoms with Crippen molar-refractivity contribution in [1.82, 2.24) is 0 Å². The summed E-state index contributed by atoms with van der Waals surface area (Å²) in [5.74, 6) is -0.821. The van der Waals surface area contributed by atoms with Crippen LogP contribution in [-0.4, -0.2) is 25.2 Å². The Labute approximate surface area is 128 Å². The summed E-state index contributed by atoms with van der Waals surface area (Å²) < 4.78 is 10.6. The quantitative estimate of drug-likeness (QED) is 0.371. The van der Waals surface area contributed by atoms with E-state index in [1.54, 1.807) is 6.08 Å². The number of carbonyl (C=O) groups is 2. The van der Waals surface area contributed by atoms with Crippen molar-refractivity contribution < 1.29 is 19.1 Å². The van der Waals surface area contributed by atoms with Crippen LogP contribution in [0.4, 0.5) is 0 Å². The second-order valence-corrected chi connectivity index (χ2v) is 6.60. The van der Waals surface area contributed by atoms with Gasteiger partial charge in [0.1, 0.15) is 0 Å². The topological polar surface area (TPSA) is 52.6 Å². The maximum Gasteiger partial charge on any atom is 0.324 e. The Morgan fingerprint density at radius 3 is 1.57 bits per heavy atom. The van der Waals surface area contributed by atoms with Gasteiger partial charge in [0.05, 0.1) is 13.2 Å². The molecule has 0 fully saturated rings. The molecule has 0 aromatic carbocycles. The fourth-order valence-electron chi connectivity index (χ4n) is 1.93. The van der Waals surface area contributed by atoms with Crippen molar-refractivity contribution in [2.75, 3.05) is 13.2 Å². The molecule has 0 aliphatic carbocycles.